The molecule has 0 aliphatic heterocycles. The number of phosphoric acid groups is 14. The van der Waals surface area contributed by atoms with Crippen molar-refractivity contribution in [1.29, 1.82) is 0 Å². The molecule has 8 radical (unpaired) electrons. The third-order valence-corrected chi connectivity index (χ3v) is 12.6. The van der Waals surface area contributed by atoms with Crippen LogP contribution in [0, 0.1) is 0 Å². The fourth-order valence-electron chi connectivity index (χ4n) is 0.857. The predicted octanol–water partition coefficient (Wildman–Crippen LogP) is -23.4. The molecule has 49 nitrogen and oxygen atoms in total. The zero-order chi connectivity index (χ0) is 53.9. The van der Waals surface area contributed by atoms with E-state index in [-0.39, 0.29) is 203 Å². The van der Waals surface area contributed by atoms with Crippen molar-refractivity contribution in [3.05, 3.63) is 0 Å². The molecule has 0 saturated heterocycles. The summed E-state index contributed by atoms with van der Waals surface area (Å²) < 4.78 is 148. The summed E-state index contributed by atoms with van der Waals surface area (Å²) in [6.07, 6.45) is 0. The van der Waals surface area contributed by atoms with Crippen LogP contribution in [0.15, 0.2) is 0 Å². The standard InChI is InChI=1S/4Fe.4Mn.4Ni.7H4O7P2/c;;;;;;;;;;;;7*1-8(2,3)7-9(4,5)6/h;;;;;;;;;;;;7*(H2,1,2,3)(H2,4,5,6)/q4*+3;8*+2;;;;;;;/p-28. The molecule has 0 heterocycles. The third-order valence-electron chi connectivity index (χ3n) is 1.40. The summed E-state index contributed by atoms with van der Waals surface area (Å²) in [4.78, 5) is 261. The van der Waals surface area contributed by atoms with Gasteiger partial charge in [-0.2, -0.15) is 0 Å². The molecule has 0 unspecified atom stereocenters. The van der Waals surface area contributed by atoms with Crippen LogP contribution in [0.2, 0.25) is 0 Å². The van der Waals surface area contributed by atoms with Crippen molar-refractivity contribution < 1.29 is 434 Å². The molecule has 0 rings (SSSR count). The van der Waals surface area contributed by atoms with Crippen LogP contribution in [0.3, 0.4) is 0 Å². The maximum Gasteiger partial charge on any atom is 3.00 e. The molecule has 0 spiro atoms. The molecule has 0 aromatic heterocycles. The minimum Gasteiger partial charge on any atom is -0.790 e. The SMILES string of the molecule is O=P([O-])([O-])OP(=O)([O-])[O-].O=P([O-])([O-])OP(=O)([O-])[O-].O=P([O-])([O-])OP(=O)([O-])[O-].O=P([O-])([O-])OP(=O)([O-])[O-].O=P([O-])([O-])OP(=O)([O-])[O-].O=P([O-])([O-])OP(=O)([O-])[O-].O=P([O-])([O-])OP(=O)([O-])[O-].[Fe+3].[Fe+3].[Fe+3].[Fe+3].[Mn+2].[Mn+2].[Mn+2].[Mn+2].[Ni+2].[Ni+2].[Ni+2].[Ni+2]. The molecule has 75 heteroatoms. The molecule has 0 N–H and O–H groups in total. The Balaban J connectivity index is -0.0000000280. The monoisotopic (exact) mass is 1890 g/mol. The third kappa shape index (κ3) is 210. The van der Waals surface area contributed by atoms with Crippen LogP contribution in [0.5, 0.6) is 0 Å². The Morgan fingerprint density at radius 1 is 0.147 bits per heavy atom. The van der Waals surface area contributed by atoms with E-state index in [1.165, 1.54) is 0 Å². The second kappa shape index (κ2) is 54.8. The van der Waals surface area contributed by atoms with Gasteiger partial charge in [-0.3, -0.25) is 0 Å². The Morgan fingerprint density at radius 2 is 0.173 bits per heavy atom. The number of hydrogen-bond acceptors (Lipinski definition) is 49. The first kappa shape index (κ1) is 136. The fraction of sp³-hybridized carbons (Fsp3) is 0. The second-order valence-corrected chi connectivity index (χ2v) is 23.9. The molecule has 0 aliphatic carbocycles. The van der Waals surface area contributed by atoms with Crippen LogP contribution in [0.4, 0.5) is 0 Å². The zero-order valence-electron chi connectivity index (χ0n) is 30.5. The van der Waals surface area contributed by atoms with Gasteiger partial charge >= 0.3 is 203 Å². The minimum atomic E-state index is -5.68. The van der Waals surface area contributed by atoms with Crippen LogP contribution in [-0.4, -0.2) is 0 Å². The van der Waals surface area contributed by atoms with Crippen molar-refractivity contribution >= 4 is 110 Å². The molecule has 0 aliphatic rings. The van der Waals surface area contributed by atoms with Gasteiger partial charge in [0.1, 0.15) is 0 Å². The van der Waals surface area contributed by atoms with E-state index in [2.05, 4.69) is 30.2 Å². The average Bonchev–Trinajstić information content (AvgIpc) is 2.62. The Kier molecular flexibility index (Phi) is 99.6. The minimum absolute atomic E-state index is 0. The molecular weight excluding hydrogens is 1900 g/mol. The Labute approximate surface area is 537 Å². The van der Waals surface area contributed by atoms with Crippen LogP contribution >= 0.6 is 110 Å². The molecule has 75 heavy (non-hydrogen) atoms. The van der Waals surface area contributed by atoms with Gasteiger partial charge < -0.3 is 231 Å². The summed E-state index contributed by atoms with van der Waals surface area (Å²) in [5, 5.41) is 0. The van der Waals surface area contributed by atoms with Gasteiger partial charge in [-0.25, -0.2) is 0 Å². The van der Waals surface area contributed by atoms with Gasteiger partial charge in [-0.15, -0.1) is 0 Å². The second-order valence-electron chi connectivity index (χ2n) is 6.83. The molecule has 0 aromatic carbocycles. The molecule has 0 amide bonds. The summed E-state index contributed by atoms with van der Waals surface area (Å²) >= 11 is 0. The number of rotatable bonds is 14. The zero-order valence-corrected chi connectivity index (χ0v) is 56.1. The molecular formula is Fe4Mn4Ni4O49P14. The summed E-state index contributed by atoms with van der Waals surface area (Å²) in [7, 11) is -79.5. The van der Waals surface area contributed by atoms with E-state index in [4.69, 9.17) is 0 Å². The van der Waals surface area contributed by atoms with Crippen molar-refractivity contribution in [2.24, 2.45) is 0 Å². The maximum absolute atomic E-state index is 9.32. The molecule has 0 atom stereocenters. The van der Waals surface area contributed by atoms with E-state index in [0.29, 0.717) is 0 Å². The predicted molar refractivity (Wildman–Crippen MR) is 114 cm³/mol. The number of hydrogen-bond donors (Lipinski definition) is 0. The van der Waals surface area contributed by atoms with Gasteiger partial charge in [-0.05, 0) is 0 Å². The van der Waals surface area contributed by atoms with Gasteiger partial charge in [0, 0.05) is 0 Å². The van der Waals surface area contributed by atoms with Crippen LogP contribution in [-0.2, 0) is 297 Å². The van der Waals surface area contributed by atoms with Crippen molar-refractivity contribution in [2.45, 2.75) is 0 Å². The average molecular weight is 1900 g/mol. The van der Waals surface area contributed by atoms with E-state index in [9.17, 15) is 201 Å². The summed E-state index contributed by atoms with van der Waals surface area (Å²) in [5.74, 6) is 0. The molecule has 0 saturated carbocycles. The van der Waals surface area contributed by atoms with Crippen molar-refractivity contribution in [3.8, 4) is 0 Å². The van der Waals surface area contributed by atoms with Crippen LogP contribution in [0.1, 0.15) is 0 Å². The Hall–Kier alpha value is 7.95. The van der Waals surface area contributed by atoms with Gasteiger partial charge in [0.25, 0.3) is 0 Å². The largest absolute Gasteiger partial charge is 3.00 e. The topological polar surface area (TPSA) is 949 Å². The smallest absolute Gasteiger partial charge is 0.790 e. The van der Waals surface area contributed by atoms with Crippen LogP contribution in [0.25, 0.3) is 0 Å². The van der Waals surface area contributed by atoms with Gasteiger partial charge in [0.05, 0.1) is 110 Å². The van der Waals surface area contributed by atoms with E-state index in [0.717, 1.165) is 0 Å². The van der Waals surface area contributed by atoms with E-state index >= 15 is 0 Å². The Bertz CT molecular complexity index is 1510. The quantitative estimate of drug-likeness (QED) is 0.115. The molecule has 0 fully saturated rings. The maximum atomic E-state index is 9.32. The van der Waals surface area contributed by atoms with E-state index in [1.54, 1.807) is 0 Å². The summed E-state index contributed by atoms with van der Waals surface area (Å²) in [6.45, 7) is 0. The first-order valence-corrected chi connectivity index (χ1v) is 30.7. The van der Waals surface area contributed by atoms with E-state index < -0.39 is 110 Å². The normalized spacial score (nSPS) is 11.6. The first-order chi connectivity index (χ1) is 25.9. The molecule has 0 aromatic rings. The van der Waals surface area contributed by atoms with Gasteiger partial charge in [0.15, 0.2) is 0 Å². The van der Waals surface area contributed by atoms with Gasteiger partial charge in [-0.1, -0.05) is 0 Å². The van der Waals surface area contributed by atoms with E-state index in [1.807, 2.05) is 0 Å². The van der Waals surface area contributed by atoms with Crippen molar-refractivity contribution in [3.63, 3.8) is 0 Å². The van der Waals surface area contributed by atoms with Crippen molar-refractivity contribution in [1.82, 2.24) is 0 Å². The first-order valence-electron chi connectivity index (χ1n) is 10.2. The molecule has 0 bridgehead atoms. The fourth-order valence-corrected chi connectivity index (χ4v) is 7.72. The Morgan fingerprint density at radius 3 is 0.173 bits per heavy atom. The summed E-state index contributed by atoms with van der Waals surface area (Å²) in [6, 6.07) is 0. The van der Waals surface area contributed by atoms with Crippen LogP contribution < -0.4 is 137 Å². The molecule has 464 valence electrons. The summed E-state index contributed by atoms with van der Waals surface area (Å²) in [5.41, 5.74) is 0. The van der Waals surface area contributed by atoms with Gasteiger partial charge in [0.2, 0.25) is 0 Å². The van der Waals surface area contributed by atoms with Crippen molar-refractivity contribution in [2.75, 3.05) is 0 Å².